The Kier molecular flexibility index (Phi) is 5.63. The number of pyridine rings is 1. The minimum Gasteiger partial charge on any atom is -0.470 e. The van der Waals surface area contributed by atoms with Crippen molar-refractivity contribution < 1.29 is 14.3 Å². The summed E-state index contributed by atoms with van der Waals surface area (Å²) in [6, 6.07) is 15.3. The number of rotatable bonds is 6. The lowest BCUT2D eigenvalue weighted by atomic mass is 10.1. The third-order valence-electron chi connectivity index (χ3n) is 4.61. The fourth-order valence-electron chi connectivity index (χ4n) is 3.15. The van der Waals surface area contributed by atoms with Crippen LogP contribution in [0.5, 0.6) is 5.88 Å². The van der Waals surface area contributed by atoms with Crippen molar-refractivity contribution in [1.82, 2.24) is 20.1 Å². The summed E-state index contributed by atoms with van der Waals surface area (Å²) in [5, 5.41) is 7.36. The molecule has 1 aliphatic heterocycles. The number of amides is 1. The van der Waals surface area contributed by atoms with Gasteiger partial charge in [0.1, 0.15) is 6.10 Å². The van der Waals surface area contributed by atoms with Gasteiger partial charge in [0.05, 0.1) is 31.0 Å². The molecule has 2 aromatic heterocycles. The Labute approximate surface area is 163 Å². The summed E-state index contributed by atoms with van der Waals surface area (Å²) >= 11 is 0. The summed E-state index contributed by atoms with van der Waals surface area (Å²) in [5.41, 5.74) is 1.66. The topological polar surface area (TPSA) is 78.3 Å². The van der Waals surface area contributed by atoms with Crippen LogP contribution in [0.3, 0.4) is 0 Å². The number of benzene rings is 1. The number of hydrogen-bond acceptors (Lipinski definition) is 5. The molecule has 0 bridgehead atoms. The molecule has 1 N–H and O–H groups in total. The summed E-state index contributed by atoms with van der Waals surface area (Å²) in [6.07, 6.45) is 5.42. The second kappa shape index (κ2) is 8.67. The van der Waals surface area contributed by atoms with Crippen molar-refractivity contribution in [2.75, 3.05) is 13.2 Å². The predicted molar refractivity (Wildman–Crippen MR) is 103 cm³/mol. The van der Waals surface area contributed by atoms with E-state index in [4.69, 9.17) is 9.47 Å². The monoisotopic (exact) mass is 378 g/mol. The first kappa shape index (κ1) is 18.2. The normalized spacial score (nSPS) is 19.1. The molecule has 0 saturated carbocycles. The van der Waals surface area contributed by atoms with Crippen LogP contribution in [0.2, 0.25) is 0 Å². The van der Waals surface area contributed by atoms with E-state index in [0.29, 0.717) is 37.6 Å². The first-order chi connectivity index (χ1) is 13.8. The molecular weight excluding hydrogens is 356 g/mol. The Morgan fingerprint density at radius 3 is 2.89 bits per heavy atom. The fourth-order valence-corrected chi connectivity index (χ4v) is 3.15. The highest BCUT2D eigenvalue weighted by Crippen LogP contribution is 2.16. The van der Waals surface area contributed by atoms with E-state index < -0.39 is 0 Å². The molecule has 1 amide bonds. The van der Waals surface area contributed by atoms with Crippen LogP contribution in [-0.4, -0.2) is 46.0 Å². The zero-order chi connectivity index (χ0) is 19.2. The largest absolute Gasteiger partial charge is 0.470 e. The van der Waals surface area contributed by atoms with Crippen LogP contribution in [0.25, 0.3) is 0 Å². The number of nitrogens with zero attached hydrogens (tertiary/aromatic N) is 3. The number of hydrogen-bond donors (Lipinski definition) is 1. The van der Waals surface area contributed by atoms with E-state index in [9.17, 15) is 4.79 Å². The zero-order valence-corrected chi connectivity index (χ0v) is 15.4. The van der Waals surface area contributed by atoms with Gasteiger partial charge in [0.25, 0.3) is 5.91 Å². The fraction of sp³-hybridized carbons (Fsp3) is 0.286. The van der Waals surface area contributed by atoms with Crippen molar-refractivity contribution >= 4 is 5.91 Å². The van der Waals surface area contributed by atoms with E-state index in [2.05, 4.69) is 15.4 Å². The van der Waals surface area contributed by atoms with E-state index in [0.717, 1.165) is 5.56 Å². The second-order valence-corrected chi connectivity index (χ2v) is 6.68. The molecule has 1 aromatic carbocycles. The minimum absolute atomic E-state index is 0.152. The minimum atomic E-state index is -0.285. The summed E-state index contributed by atoms with van der Waals surface area (Å²) in [4.78, 5) is 16.9. The zero-order valence-electron chi connectivity index (χ0n) is 15.4. The third-order valence-corrected chi connectivity index (χ3v) is 4.61. The molecule has 1 fully saturated rings. The third kappa shape index (κ3) is 4.55. The van der Waals surface area contributed by atoms with Crippen LogP contribution >= 0.6 is 0 Å². The van der Waals surface area contributed by atoms with E-state index in [-0.39, 0.29) is 18.1 Å². The van der Waals surface area contributed by atoms with Crippen molar-refractivity contribution in [2.45, 2.75) is 25.1 Å². The maximum Gasteiger partial charge on any atom is 0.254 e. The van der Waals surface area contributed by atoms with Crippen LogP contribution in [0.4, 0.5) is 0 Å². The van der Waals surface area contributed by atoms with Crippen molar-refractivity contribution in [1.29, 1.82) is 0 Å². The Bertz CT molecular complexity index is 898. The van der Waals surface area contributed by atoms with Gasteiger partial charge in [0, 0.05) is 25.1 Å². The average molecular weight is 378 g/mol. The van der Waals surface area contributed by atoms with Crippen LogP contribution in [0.15, 0.2) is 67.1 Å². The van der Waals surface area contributed by atoms with E-state index in [1.807, 2.05) is 42.5 Å². The van der Waals surface area contributed by atoms with Gasteiger partial charge in [-0.25, -0.2) is 4.98 Å². The first-order valence-corrected chi connectivity index (χ1v) is 9.30. The number of nitrogens with one attached hydrogen (secondary N) is 1. The second-order valence-electron chi connectivity index (χ2n) is 6.68. The van der Waals surface area contributed by atoms with E-state index in [1.165, 1.54) is 0 Å². The Balaban J connectivity index is 1.39. The van der Waals surface area contributed by atoms with Gasteiger partial charge in [0.15, 0.2) is 0 Å². The maximum atomic E-state index is 12.7. The van der Waals surface area contributed by atoms with Gasteiger partial charge in [-0.15, -0.1) is 0 Å². The number of aromatic nitrogens is 3. The maximum absolute atomic E-state index is 12.7. The molecule has 2 atom stereocenters. The number of carbonyl (C=O) groups is 1. The summed E-state index contributed by atoms with van der Waals surface area (Å²) in [7, 11) is 0. The standard InChI is InChI=1S/C21H22N4O3/c26-21(17-12-23-25(14-17)13-16-6-2-1-3-7-16)24-18-9-11-27-15-19(18)28-20-8-4-5-10-22-20/h1-8,10,12,14,18-19H,9,11,13,15H2,(H,24,26)/t18-,19-/m1/s1. The van der Waals surface area contributed by atoms with Crippen LogP contribution in [-0.2, 0) is 11.3 Å². The Hall–Kier alpha value is -3.19. The highest BCUT2D eigenvalue weighted by Gasteiger charge is 2.29. The van der Waals surface area contributed by atoms with Gasteiger partial charge in [-0.05, 0) is 18.1 Å². The SMILES string of the molecule is O=C(N[C@@H]1CCOC[C@H]1Oc1ccccn1)c1cnn(Cc2ccccc2)c1. The van der Waals surface area contributed by atoms with E-state index in [1.54, 1.807) is 29.3 Å². The van der Waals surface area contributed by atoms with E-state index >= 15 is 0 Å². The quantitative estimate of drug-likeness (QED) is 0.712. The van der Waals surface area contributed by atoms with Crippen LogP contribution < -0.4 is 10.1 Å². The highest BCUT2D eigenvalue weighted by atomic mass is 16.5. The molecule has 7 heteroatoms. The van der Waals surface area contributed by atoms with Crippen LogP contribution in [0.1, 0.15) is 22.3 Å². The molecule has 3 aromatic rings. The van der Waals surface area contributed by atoms with Gasteiger partial charge in [-0.3, -0.25) is 9.48 Å². The molecule has 0 aliphatic carbocycles. The lowest BCUT2D eigenvalue weighted by Crippen LogP contribution is -2.51. The van der Waals surface area contributed by atoms with Gasteiger partial charge < -0.3 is 14.8 Å². The number of ether oxygens (including phenoxy) is 2. The average Bonchev–Trinajstić information content (AvgIpc) is 3.20. The summed E-state index contributed by atoms with van der Waals surface area (Å²) in [6.45, 7) is 1.62. The van der Waals surface area contributed by atoms with Gasteiger partial charge in [-0.2, -0.15) is 5.10 Å². The van der Waals surface area contributed by atoms with Crippen molar-refractivity contribution in [3.8, 4) is 5.88 Å². The van der Waals surface area contributed by atoms with Crippen molar-refractivity contribution in [2.24, 2.45) is 0 Å². The molecule has 144 valence electrons. The van der Waals surface area contributed by atoms with Crippen molar-refractivity contribution in [3.63, 3.8) is 0 Å². The molecule has 3 heterocycles. The molecule has 0 unspecified atom stereocenters. The highest BCUT2D eigenvalue weighted by molar-refractivity contribution is 5.93. The van der Waals surface area contributed by atoms with Crippen LogP contribution in [0, 0.1) is 0 Å². The Morgan fingerprint density at radius 2 is 2.07 bits per heavy atom. The Morgan fingerprint density at radius 1 is 1.21 bits per heavy atom. The molecule has 1 saturated heterocycles. The number of carbonyl (C=O) groups excluding carboxylic acids is 1. The predicted octanol–water partition coefficient (Wildman–Crippen LogP) is 2.29. The van der Waals surface area contributed by atoms with Gasteiger partial charge in [-0.1, -0.05) is 36.4 Å². The first-order valence-electron chi connectivity index (χ1n) is 9.30. The molecule has 1 aliphatic rings. The van der Waals surface area contributed by atoms with Gasteiger partial charge in [0.2, 0.25) is 5.88 Å². The lowest BCUT2D eigenvalue weighted by Gasteiger charge is -2.31. The molecule has 28 heavy (non-hydrogen) atoms. The summed E-state index contributed by atoms with van der Waals surface area (Å²) in [5.74, 6) is 0.355. The van der Waals surface area contributed by atoms with Crippen molar-refractivity contribution in [3.05, 3.63) is 78.2 Å². The molecule has 0 radical (unpaired) electrons. The molecule has 7 nitrogen and oxygen atoms in total. The molecule has 0 spiro atoms. The van der Waals surface area contributed by atoms with Gasteiger partial charge >= 0.3 is 0 Å². The molecular formula is C21H22N4O3. The smallest absolute Gasteiger partial charge is 0.254 e. The summed E-state index contributed by atoms with van der Waals surface area (Å²) < 4.78 is 13.2. The molecule has 4 rings (SSSR count). The lowest BCUT2D eigenvalue weighted by molar-refractivity contribution is -0.0152.